The summed E-state index contributed by atoms with van der Waals surface area (Å²) in [7, 11) is 1.59. The highest BCUT2D eigenvalue weighted by molar-refractivity contribution is 7.98. The SMILES string of the molecule is COc1cccc(NC(=O)NC(C)c2nnc(SCc3ccccc3C)n2-c2ccc(C)cc2)c1. The third-order valence-corrected chi connectivity index (χ3v) is 6.61. The van der Waals surface area contributed by atoms with Crippen LogP contribution in [0, 0.1) is 13.8 Å². The number of amides is 2. The Morgan fingerprint density at radius 1 is 1.03 bits per heavy atom. The molecular weight excluding hydrogens is 458 g/mol. The molecule has 2 N–H and O–H groups in total. The van der Waals surface area contributed by atoms with E-state index in [-0.39, 0.29) is 12.1 Å². The van der Waals surface area contributed by atoms with Crippen molar-refractivity contribution >= 4 is 23.5 Å². The van der Waals surface area contributed by atoms with Gasteiger partial charge in [-0.3, -0.25) is 4.57 Å². The lowest BCUT2D eigenvalue weighted by Gasteiger charge is -2.17. The average Bonchev–Trinajstić information content (AvgIpc) is 3.28. The topological polar surface area (TPSA) is 81.1 Å². The summed E-state index contributed by atoms with van der Waals surface area (Å²) < 4.78 is 7.24. The van der Waals surface area contributed by atoms with E-state index in [2.05, 4.69) is 58.9 Å². The minimum absolute atomic E-state index is 0.335. The highest BCUT2D eigenvalue weighted by atomic mass is 32.2. The predicted octanol–water partition coefficient (Wildman–Crippen LogP) is 6.07. The number of aromatic nitrogens is 3. The van der Waals surface area contributed by atoms with Gasteiger partial charge in [0.15, 0.2) is 11.0 Å². The molecule has 1 heterocycles. The zero-order chi connectivity index (χ0) is 24.8. The van der Waals surface area contributed by atoms with Crippen LogP contribution < -0.4 is 15.4 Å². The van der Waals surface area contributed by atoms with Crippen molar-refractivity contribution in [2.24, 2.45) is 0 Å². The van der Waals surface area contributed by atoms with Crippen molar-refractivity contribution in [1.82, 2.24) is 20.1 Å². The van der Waals surface area contributed by atoms with E-state index in [1.165, 1.54) is 16.7 Å². The molecule has 1 unspecified atom stereocenters. The maximum atomic E-state index is 12.7. The molecule has 1 atom stereocenters. The summed E-state index contributed by atoms with van der Waals surface area (Å²) in [5, 5.41) is 15.5. The van der Waals surface area contributed by atoms with Crippen LogP contribution in [0.1, 0.15) is 35.5 Å². The van der Waals surface area contributed by atoms with Crippen molar-refractivity contribution in [2.75, 3.05) is 12.4 Å². The Bertz CT molecular complexity index is 1300. The van der Waals surface area contributed by atoms with Gasteiger partial charge in [0.1, 0.15) is 5.75 Å². The van der Waals surface area contributed by atoms with Crippen LogP contribution in [0.4, 0.5) is 10.5 Å². The van der Waals surface area contributed by atoms with E-state index >= 15 is 0 Å². The van der Waals surface area contributed by atoms with Crippen LogP contribution >= 0.6 is 11.8 Å². The van der Waals surface area contributed by atoms with Gasteiger partial charge in [0.25, 0.3) is 0 Å². The maximum Gasteiger partial charge on any atom is 0.319 e. The molecule has 0 aliphatic carbocycles. The first kappa shape index (κ1) is 24.3. The van der Waals surface area contributed by atoms with E-state index < -0.39 is 0 Å². The summed E-state index contributed by atoms with van der Waals surface area (Å²) in [6, 6.07) is 23.0. The molecule has 0 spiro atoms. The highest BCUT2D eigenvalue weighted by Crippen LogP contribution is 2.28. The molecule has 0 fully saturated rings. The molecule has 0 aliphatic heterocycles. The minimum atomic E-state index is -0.387. The number of urea groups is 1. The number of benzene rings is 3. The molecule has 35 heavy (non-hydrogen) atoms. The van der Waals surface area contributed by atoms with Crippen molar-refractivity contribution in [2.45, 2.75) is 37.7 Å². The molecule has 3 aromatic carbocycles. The van der Waals surface area contributed by atoms with Crippen molar-refractivity contribution in [3.63, 3.8) is 0 Å². The van der Waals surface area contributed by atoms with Gasteiger partial charge in [-0.2, -0.15) is 0 Å². The Morgan fingerprint density at radius 2 is 1.80 bits per heavy atom. The van der Waals surface area contributed by atoms with Crippen LogP contribution in [0.5, 0.6) is 5.75 Å². The molecule has 2 amide bonds. The predicted molar refractivity (Wildman–Crippen MR) is 140 cm³/mol. The molecule has 0 radical (unpaired) electrons. The van der Waals surface area contributed by atoms with Crippen LogP contribution in [0.25, 0.3) is 5.69 Å². The van der Waals surface area contributed by atoms with Gasteiger partial charge in [-0.25, -0.2) is 4.79 Å². The Hall–Kier alpha value is -3.78. The van der Waals surface area contributed by atoms with E-state index in [1.54, 1.807) is 24.9 Å². The molecule has 0 saturated heterocycles. The molecule has 4 rings (SSSR count). The number of nitrogens with zero attached hydrogens (tertiary/aromatic N) is 3. The molecule has 7 nitrogen and oxygen atoms in total. The molecule has 0 aliphatic rings. The van der Waals surface area contributed by atoms with E-state index in [4.69, 9.17) is 4.74 Å². The summed E-state index contributed by atoms with van der Waals surface area (Å²) in [5.41, 5.74) is 5.25. The van der Waals surface area contributed by atoms with Crippen LogP contribution in [0.2, 0.25) is 0 Å². The lowest BCUT2D eigenvalue weighted by atomic mass is 10.1. The van der Waals surface area contributed by atoms with Crippen molar-refractivity contribution in [3.8, 4) is 11.4 Å². The van der Waals surface area contributed by atoms with Gasteiger partial charge in [-0.1, -0.05) is 59.8 Å². The van der Waals surface area contributed by atoms with Gasteiger partial charge in [-0.05, 0) is 56.2 Å². The molecule has 0 saturated carbocycles. The largest absolute Gasteiger partial charge is 0.497 e. The number of hydrogen-bond acceptors (Lipinski definition) is 5. The van der Waals surface area contributed by atoms with E-state index in [0.717, 1.165) is 16.6 Å². The van der Waals surface area contributed by atoms with Crippen LogP contribution in [-0.4, -0.2) is 27.9 Å². The summed E-state index contributed by atoms with van der Waals surface area (Å²) in [6.07, 6.45) is 0. The number of aryl methyl sites for hydroxylation is 2. The average molecular weight is 488 g/mol. The van der Waals surface area contributed by atoms with Gasteiger partial charge < -0.3 is 15.4 Å². The van der Waals surface area contributed by atoms with Crippen molar-refractivity contribution < 1.29 is 9.53 Å². The normalized spacial score (nSPS) is 11.7. The summed E-state index contributed by atoms with van der Waals surface area (Å²) in [4.78, 5) is 12.7. The number of hydrogen-bond donors (Lipinski definition) is 2. The fraction of sp³-hybridized carbons (Fsp3) is 0.222. The second kappa shape index (κ2) is 11.1. The second-order valence-corrected chi connectivity index (χ2v) is 9.22. The molecule has 180 valence electrons. The smallest absolute Gasteiger partial charge is 0.319 e. The Labute approximate surface area is 209 Å². The van der Waals surface area contributed by atoms with E-state index in [9.17, 15) is 4.79 Å². The number of ether oxygens (including phenoxy) is 1. The molecule has 4 aromatic rings. The number of carbonyl (C=O) groups is 1. The maximum absolute atomic E-state index is 12.7. The molecule has 8 heteroatoms. The van der Waals surface area contributed by atoms with Crippen molar-refractivity contribution in [1.29, 1.82) is 0 Å². The summed E-state index contributed by atoms with van der Waals surface area (Å²) in [6.45, 7) is 6.06. The molecule has 0 bridgehead atoms. The second-order valence-electron chi connectivity index (χ2n) is 8.28. The monoisotopic (exact) mass is 487 g/mol. The quantitative estimate of drug-likeness (QED) is 0.295. The van der Waals surface area contributed by atoms with Crippen LogP contribution in [0.3, 0.4) is 0 Å². The third kappa shape index (κ3) is 6.02. The number of rotatable bonds is 8. The van der Waals surface area contributed by atoms with Gasteiger partial charge in [0, 0.05) is 23.2 Å². The third-order valence-electron chi connectivity index (χ3n) is 5.63. The number of anilines is 1. The number of nitrogens with one attached hydrogen (secondary N) is 2. The number of carbonyl (C=O) groups excluding carboxylic acids is 1. The van der Waals surface area contributed by atoms with Gasteiger partial charge in [-0.15, -0.1) is 10.2 Å². The summed E-state index contributed by atoms with van der Waals surface area (Å²) >= 11 is 1.62. The van der Waals surface area contributed by atoms with Gasteiger partial charge >= 0.3 is 6.03 Å². The first-order valence-corrected chi connectivity index (χ1v) is 12.3. The van der Waals surface area contributed by atoms with Gasteiger partial charge in [0.05, 0.1) is 13.2 Å². The lowest BCUT2D eigenvalue weighted by Crippen LogP contribution is -2.32. The van der Waals surface area contributed by atoms with E-state index in [1.807, 2.05) is 54.0 Å². The Kier molecular flexibility index (Phi) is 7.72. The van der Waals surface area contributed by atoms with Crippen LogP contribution in [0.15, 0.2) is 78.0 Å². The Balaban J connectivity index is 1.56. The minimum Gasteiger partial charge on any atom is -0.497 e. The summed E-state index contributed by atoms with van der Waals surface area (Å²) in [5.74, 6) is 2.10. The fourth-order valence-corrected chi connectivity index (χ4v) is 4.67. The zero-order valence-corrected chi connectivity index (χ0v) is 21.1. The lowest BCUT2D eigenvalue weighted by molar-refractivity contribution is 0.249. The van der Waals surface area contributed by atoms with Crippen molar-refractivity contribution in [3.05, 3.63) is 95.3 Å². The highest BCUT2D eigenvalue weighted by Gasteiger charge is 2.21. The number of thioether (sulfide) groups is 1. The number of methoxy groups -OCH3 is 1. The van der Waals surface area contributed by atoms with E-state index in [0.29, 0.717) is 17.3 Å². The Morgan fingerprint density at radius 3 is 2.54 bits per heavy atom. The van der Waals surface area contributed by atoms with Crippen LogP contribution in [-0.2, 0) is 5.75 Å². The standard InChI is InChI=1S/C27H29N5O2S/c1-18-12-14-23(15-13-18)32-25(30-31-27(32)35-17-21-9-6-5-8-19(21)2)20(3)28-26(33)29-22-10-7-11-24(16-22)34-4/h5-16,20H,17H2,1-4H3,(H2,28,29,33). The molecule has 1 aromatic heterocycles. The zero-order valence-electron chi connectivity index (χ0n) is 20.3. The first-order chi connectivity index (χ1) is 16.9. The molecular formula is C27H29N5O2S. The fourth-order valence-electron chi connectivity index (χ4n) is 3.64. The first-order valence-electron chi connectivity index (χ1n) is 11.4. The van der Waals surface area contributed by atoms with Gasteiger partial charge in [0.2, 0.25) is 0 Å².